The Labute approximate surface area is 222 Å². The van der Waals surface area contributed by atoms with Crippen LogP contribution >= 0.6 is 11.8 Å². The number of hydrogen-bond donors (Lipinski definition) is 2. The van der Waals surface area contributed by atoms with Gasteiger partial charge in [0, 0.05) is 18.2 Å². The molecule has 37 heavy (non-hydrogen) atoms. The van der Waals surface area contributed by atoms with Crippen molar-refractivity contribution in [1.82, 2.24) is 10.2 Å². The van der Waals surface area contributed by atoms with E-state index in [0.717, 1.165) is 89.9 Å². The van der Waals surface area contributed by atoms with Crippen LogP contribution in [0.4, 0.5) is 4.79 Å². The average molecular weight is 525 g/mol. The molecule has 3 heterocycles. The number of aromatic hydroxyl groups is 1. The third-order valence-corrected chi connectivity index (χ3v) is 9.16. The van der Waals surface area contributed by atoms with Gasteiger partial charge in [-0.05, 0) is 101 Å². The molecule has 7 nitrogen and oxygen atoms in total. The van der Waals surface area contributed by atoms with Crippen LogP contribution in [0.2, 0.25) is 0 Å². The molecule has 2 fully saturated rings. The van der Waals surface area contributed by atoms with Crippen LogP contribution in [0.5, 0.6) is 17.2 Å². The second-order valence-corrected chi connectivity index (χ2v) is 12.1. The molecular formula is C29H36N2O5S. The Morgan fingerprint density at radius 3 is 2.62 bits per heavy atom. The summed E-state index contributed by atoms with van der Waals surface area (Å²) in [5.74, 6) is 1.94. The number of amides is 2. The van der Waals surface area contributed by atoms with E-state index in [4.69, 9.17) is 9.47 Å². The molecule has 2 N–H and O–H groups in total. The van der Waals surface area contributed by atoms with Crippen molar-refractivity contribution in [3.8, 4) is 17.2 Å². The maximum Gasteiger partial charge on any atom is 0.286 e. The minimum absolute atomic E-state index is 0.214. The van der Waals surface area contributed by atoms with Gasteiger partial charge in [-0.3, -0.25) is 19.8 Å². The van der Waals surface area contributed by atoms with Crippen LogP contribution in [-0.2, 0) is 17.6 Å². The highest BCUT2D eigenvalue weighted by atomic mass is 32.2. The van der Waals surface area contributed by atoms with Crippen molar-refractivity contribution < 1.29 is 24.2 Å². The van der Waals surface area contributed by atoms with Gasteiger partial charge in [0.2, 0.25) is 5.91 Å². The van der Waals surface area contributed by atoms with E-state index in [1.165, 1.54) is 0 Å². The average Bonchev–Trinajstić information content (AvgIpc) is 3.44. The smallest absolute Gasteiger partial charge is 0.286 e. The SMILES string of the molecule is Cc1c(C)c2c(c(C)c1O)CCC(C)(CN1CCCC1COc1ccc(CC3SC(=O)NC3=O)cc1)O2. The Bertz CT molecular complexity index is 1210. The lowest BCUT2D eigenvalue weighted by Gasteiger charge is -2.41. The number of carbonyl (C=O) groups excluding carboxylic acids is 2. The molecular weight excluding hydrogens is 488 g/mol. The second kappa shape index (κ2) is 10.2. The van der Waals surface area contributed by atoms with E-state index in [-0.39, 0.29) is 22.0 Å². The van der Waals surface area contributed by atoms with E-state index < -0.39 is 0 Å². The number of likely N-dealkylation sites (tertiary alicyclic amines) is 1. The highest BCUT2D eigenvalue weighted by Crippen LogP contribution is 2.43. The van der Waals surface area contributed by atoms with Crippen molar-refractivity contribution in [2.24, 2.45) is 0 Å². The quantitative estimate of drug-likeness (QED) is 0.536. The molecule has 198 valence electrons. The van der Waals surface area contributed by atoms with Crippen LogP contribution in [0, 0.1) is 20.8 Å². The van der Waals surface area contributed by atoms with Gasteiger partial charge in [0.25, 0.3) is 5.24 Å². The summed E-state index contributed by atoms with van der Waals surface area (Å²) in [6.07, 6.45) is 4.58. The summed E-state index contributed by atoms with van der Waals surface area (Å²) in [6, 6.07) is 8.15. The molecule has 0 radical (unpaired) electrons. The molecule has 0 spiro atoms. The summed E-state index contributed by atoms with van der Waals surface area (Å²) in [6.45, 7) is 10.7. The van der Waals surface area contributed by atoms with Gasteiger partial charge in [-0.15, -0.1) is 0 Å². The number of imide groups is 1. The molecule has 3 aliphatic heterocycles. The number of phenols is 1. The van der Waals surface area contributed by atoms with Crippen molar-refractivity contribution in [2.45, 2.75) is 76.7 Å². The number of nitrogens with zero attached hydrogens (tertiary/aromatic N) is 1. The van der Waals surface area contributed by atoms with Gasteiger partial charge < -0.3 is 14.6 Å². The Balaban J connectivity index is 1.18. The van der Waals surface area contributed by atoms with Gasteiger partial charge in [-0.1, -0.05) is 23.9 Å². The minimum Gasteiger partial charge on any atom is -0.507 e. The third kappa shape index (κ3) is 5.32. The van der Waals surface area contributed by atoms with Crippen molar-refractivity contribution >= 4 is 22.9 Å². The zero-order chi connectivity index (χ0) is 26.3. The van der Waals surface area contributed by atoms with E-state index in [1.807, 2.05) is 45.0 Å². The third-order valence-electron chi connectivity index (χ3n) is 8.18. The van der Waals surface area contributed by atoms with E-state index in [0.29, 0.717) is 24.8 Å². The first kappa shape index (κ1) is 25.9. The van der Waals surface area contributed by atoms with E-state index in [1.54, 1.807) is 0 Å². The molecule has 0 aliphatic carbocycles. The number of thioether (sulfide) groups is 1. The van der Waals surface area contributed by atoms with Crippen molar-refractivity contribution in [3.63, 3.8) is 0 Å². The van der Waals surface area contributed by atoms with Crippen LogP contribution in [0.25, 0.3) is 0 Å². The Morgan fingerprint density at radius 1 is 1.16 bits per heavy atom. The Morgan fingerprint density at radius 2 is 1.92 bits per heavy atom. The fourth-order valence-electron chi connectivity index (χ4n) is 5.78. The summed E-state index contributed by atoms with van der Waals surface area (Å²) in [5, 5.41) is 12.2. The van der Waals surface area contributed by atoms with E-state index in [9.17, 15) is 14.7 Å². The first-order valence-corrected chi connectivity index (χ1v) is 14.0. The number of rotatable bonds is 7. The fourth-order valence-corrected chi connectivity index (χ4v) is 6.64. The topological polar surface area (TPSA) is 88.1 Å². The zero-order valence-corrected chi connectivity index (χ0v) is 22.9. The molecule has 2 aromatic carbocycles. The van der Waals surface area contributed by atoms with Gasteiger partial charge in [-0.2, -0.15) is 0 Å². The molecule has 3 aliphatic rings. The van der Waals surface area contributed by atoms with Crippen LogP contribution in [0.1, 0.15) is 54.0 Å². The molecule has 0 bridgehead atoms. The van der Waals surface area contributed by atoms with Crippen molar-refractivity contribution in [2.75, 3.05) is 19.7 Å². The summed E-state index contributed by atoms with van der Waals surface area (Å²) in [7, 11) is 0. The molecule has 3 atom stereocenters. The number of fused-ring (bicyclic) bond motifs is 1. The highest BCUT2D eigenvalue weighted by molar-refractivity contribution is 8.15. The molecule has 0 aromatic heterocycles. The van der Waals surface area contributed by atoms with Gasteiger partial charge in [-0.25, -0.2) is 0 Å². The highest BCUT2D eigenvalue weighted by Gasteiger charge is 2.39. The van der Waals surface area contributed by atoms with Gasteiger partial charge in [0.15, 0.2) is 0 Å². The predicted molar refractivity (Wildman–Crippen MR) is 145 cm³/mol. The van der Waals surface area contributed by atoms with Gasteiger partial charge in [0.05, 0.1) is 5.25 Å². The molecule has 2 amide bonds. The molecule has 2 saturated heterocycles. The van der Waals surface area contributed by atoms with Gasteiger partial charge in [0.1, 0.15) is 29.5 Å². The molecule has 5 rings (SSSR count). The fraction of sp³-hybridized carbons (Fsp3) is 0.517. The van der Waals surface area contributed by atoms with E-state index >= 15 is 0 Å². The summed E-state index contributed by atoms with van der Waals surface area (Å²) in [4.78, 5) is 25.7. The number of hydrogen-bond acceptors (Lipinski definition) is 7. The molecule has 3 unspecified atom stereocenters. The molecule has 0 saturated carbocycles. The first-order chi connectivity index (χ1) is 17.6. The standard InChI is InChI=1S/C29H36N2O5S/c1-17-18(2)26-23(19(3)25(17)32)11-12-29(4,36-26)16-31-13-5-6-21(31)15-35-22-9-7-20(8-10-22)14-24-27(33)30-28(34)37-24/h7-10,21,24,32H,5-6,11-16H2,1-4H3,(H,30,33,34). The largest absolute Gasteiger partial charge is 0.507 e. The number of benzene rings is 2. The van der Waals surface area contributed by atoms with Crippen LogP contribution in [0.3, 0.4) is 0 Å². The Hall–Kier alpha value is -2.71. The van der Waals surface area contributed by atoms with Crippen LogP contribution in [0.15, 0.2) is 24.3 Å². The normalized spacial score (nSPS) is 25.6. The summed E-state index contributed by atoms with van der Waals surface area (Å²) < 4.78 is 12.9. The minimum atomic E-state index is -0.357. The lowest BCUT2D eigenvalue weighted by atomic mass is 9.87. The Kier molecular flexibility index (Phi) is 7.16. The van der Waals surface area contributed by atoms with E-state index in [2.05, 4.69) is 17.1 Å². The second-order valence-electron chi connectivity index (χ2n) is 10.9. The lowest BCUT2D eigenvalue weighted by Crippen LogP contribution is -2.50. The first-order valence-electron chi connectivity index (χ1n) is 13.1. The van der Waals surface area contributed by atoms with Crippen molar-refractivity contribution in [3.05, 3.63) is 52.1 Å². The molecule has 8 heteroatoms. The predicted octanol–water partition coefficient (Wildman–Crippen LogP) is 4.84. The molecule has 2 aromatic rings. The van der Waals surface area contributed by atoms with Crippen LogP contribution < -0.4 is 14.8 Å². The number of phenolic OH excluding ortho intramolecular Hbond substituents is 1. The number of carbonyl (C=O) groups is 2. The zero-order valence-electron chi connectivity index (χ0n) is 22.1. The maximum absolute atomic E-state index is 11.8. The van der Waals surface area contributed by atoms with Gasteiger partial charge >= 0.3 is 0 Å². The van der Waals surface area contributed by atoms with Crippen molar-refractivity contribution in [1.29, 1.82) is 0 Å². The number of ether oxygens (including phenoxy) is 2. The maximum atomic E-state index is 11.8. The monoisotopic (exact) mass is 524 g/mol. The summed E-state index contributed by atoms with van der Waals surface area (Å²) >= 11 is 1.05. The lowest BCUT2D eigenvalue weighted by molar-refractivity contribution is -0.118. The summed E-state index contributed by atoms with van der Waals surface area (Å²) in [5.41, 5.74) is 4.74. The van der Waals surface area contributed by atoms with Crippen LogP contribution in [-0.4, -0.2) is 57.7 Å². The number of nitrogens with one attached hydrogen (secondary N) is 1.